The van der Waals surface area contributed by atoms with Crippen LogP contribution in [-0.2, 0) is 0 Å². The number of anilines is 1. The fourth-order valence-corrected chi connectivity index (χ4v) is 2.27. The summed E-state index contributed by atoms with van der Waals surface area (Å²) in [5.41, 5.74) is 1.31. The molecule has 1 heterocycles. The molecule has 0 unspecified atom stereocenters. The lowest BCUT2D eigenvalue weighted by Gasteiger charge is -2.15. The summed E-state index contributed by atoms with van der Waals surface area (Å²) in [4.78, 5) is 25.5. The summed E-state index contributed by atoms with van der Waals surface area (Å²) in [5, 5.41) is 19.3. The fourth-order valence-electron chi connectivity index (χ4n) is 2.27. The standard InChI is InChI=1S/C15H11NO4/c1-8-2-5-12(13(18)6-8)16-14(19)10-4-3-9(17)7-11(10)15(16)20/h2-7,17-18H,1H3. The number of fused-ring (bicyclic) bond motifs is 1. The molecule has 0 bridgehead atoms. The predicted molar refractivity (Wildman–Crippen MR) is 72.1 cm³/mol. The lowest BCUT2D eigenvalue weighted by atomic mass is 10.1. The number of benzene rings is 2. The van der Waals surface area contributed by atoms with Crippen molar-refractivity contribution in [3.8, 4) is 11.5 Å². The SMILES string of the molecule is Cc1ccc(N2C(=O)c3ccc(O)cc3C2=O)c(O)c1. The zero-order valence-electron chi connectivity index (χ0n) is 10.6. The molecule has 2 N–H and O–H groups in total. The minimum atomic E-state index is -0.556. The molecule has 0 aromatic heterocycles. The Morgan fingerprint density at radius 2 is 1.60 bits per heavy atom. The third kappa shape index (κ3) is 1.64. The summed E-state index contributed by atoms with van der Waals surface area (Å²) in [6.07, 6.45) is 0. The van der Waals surface area contributed by atoms with Gasteiger partial charge in [-0.15, -0.1) is 0 Å². The number of hydrogen-bond acceptors (Lipinski definition) is 4. The lowest BCUT2D eigenvalue weighted by Crippen LogP contribution is -2.29. The van der Waals surface area contributed by atoms with Crippen LogP contribution < -0.4 is 4.90 Å². The molecule has 2 amide bonds. The van der Waals surface area contributed by atoms with Gasteiger partial charge in [-0.1, -0.05) is 6.07 Å². The number of phenolic OH excluding ortho intramolecular Hbond substituents is 2. The first-order chi connectivity index (χ1) is 9.49. The Morgan fingerprint density at radius 1 is 0.900 bits per heavy atom. The van der Waals surface area contributed by atoms with Crippen molar-refractivity contribution in [2.75, 3.05) is 4.90 Å². The van der Waals surface area contributed by atoms with Crippen molar-refractivity contribution in [1.82, 2.24) is 0 Å². The van der Waals surface area contributed by atoms with Gasteiger partial charge in [0.2, 0.25) is 0 Å². The number of hydrogen-bond donors (Lipinski definition) is 2. The first-order valence-corrected chi connectivity index (χ1v) is 6.00. The van der Waals surface area contributed by atoms with Crippen LogP contribution in [0.1, 0.15) is 26.3 Å². The molecular formula is C15H11NO4. The molecule has 0 atom stereocenters. The van der Waals surface area contributed by atoms with Crippen LogP contribution in [0, 0.1) is 6.92 Å². The second kappa shape index (κ2) is 4.09. The molecule has 100 valence electrons. The van der Waals surface area contributed by atoms with Gasteiger partial charge in [0.05, 0.1) is 16.8 Å². The molecule has 5 heteroatoms. The van der Waals surface area contributed by atoms with Gasteiger partial charge in [0.1, 0.15) is 11.5 Å². The van der Waals surface area contributed by atoms with Crippen molar-refractivity contribution < 1.29 is 19.8 Å². The van der Waals surface area contributed by atoms with Gasteiger partial charge in [-0.25, -0.2) is 4.90 Å². The highest BCUT2D eigenvalue weighted by molar-refractivity contribution is 6.34. The number of carbonyl (C=O) groups is 2. The number of imide groups is 1. The minimum Gasteiger partial charge on any atom is -0.508 e. The van der Waals surface area contributed by atoms with Gasteiger partial charge >= 0.3 is 0 Å². The largest absolute Gasteiger partial charge is 0.508 e. The van der Waals surface area contributed by atoms with E-state index in [0.717, 1.165) is 10.5 Å². The maximum absolute atomic E-state index is 12.3. The average molecular weight is 269 g/mol. The van der Waals surface area contributed by atoms with Gasteiger partial charge in [0.15, 0.2) is 0 Å². The van der Waals surface area contributed by atoms with Crippen LogP contribution in [0.5, 0.6) is 11.5 Å². The Morgan fingerprint density at radius 3 is 2.30 bits per heavy atom. The Labute approximate surface area is 114 Å². The molecule has 0 spiro atoms. The van der Waals surface area contributed by atoms with Gasteiger partial charge in [0, 0.05) is 0 Å². The molecule has 1 aliphatic heterocycles. The van der Waals surface area contributed by atoms with Crippen molar-refractivity contribution in [3.63, 3.8) is 0 Å². The number of phenols is 2. The second-order valence-corrected chi connectivity index (χ2v) is 4.67. The van der Waals surface area contributed by atoms with Crippen LogP contribution in [0.3, 0.4) is 0 Å². The van der Waals surface area contributed by atoms with Crippen molar-refractivity contribution in [1.29, 1.82) is 0 Å². The first-order valence-electron chi connectivity index (χ1n) is 6.00. The maximum atomic E-state index is 12.3. The molecule has 0 radical (unpaired) electrons. The number of nitrogens with zero attached hydrogens (tertiary/aromatic N) is 1. The number of aryl methyl sites for hydroxylation is 1. The Bertz CT molecular complexity index is 752. The van der Waals surface area contributed by atoms with Crippen molar-refractivity contribution in [3.05, 3.63) is 53.1 Å². The smallest absolute Gasteiger partial charge is 0.266 e. The second-order valence-electron chi connectivity index (χ2n) is 4.67. The summed E-state index contributed by atoms with van der Waals surface area (Å²) in [7, 11) is 0. The third-order valence-corrected chi connectivity index (χ3v) is 3.24. The Hall–Kier alpha value is -2.82. The number of aromatic hydroxyl groups is 2. The quantitative estimate of drug-likeness (QED) is 0.778. The zero-order valence-corrected chi connectivity index (χ0v) is 10.6. The molecule has 0 fully saturated rings. The van der Waals surface area contributed by atoms with Crippen molar-refractivity contribution in [2.24, 2.45) is 0 Å². The highest BCUT2D eigenvalue weighted by atomic mass is 16.3. The monoisotopic (exact) mass is 269 g/mol. The van der Waals surface area contributed by atoms with Crippen LogP contribution >= 0.6 is 0 Å². The molecule has 0 saturated carbocycles. The molecule has 1 aliphatic rings. The third-order valence-electron chi connectivity index (χ3n) is 3.24. The number of rotatable bonds is 1. The highest BCUT2D eigenvalue weighted by Crippen LogP contribution is 2.35. The van der Waals surface area contributed by atoms with E-state index < -0.39 is 11.8 Å². The van der Waals surface area contributed by atoms with E-state index in [-0.39, 0.29) is 28.3 Å². The van der Waals surface area contributed by atoms with Gasteiger partial charge in [-0.05, 0) is 42.8 Å². The number of amides is 2. The van der Waals surface area contributed by atoms with Crippen LogP contribution in [0.25, 0.3) is 0 Å². The average Bonchev–Trinajstić information content (AvgIpc) is 2.63. The summed E-state index contributed by atoms with van der Waals surface area (Å²) in [6.45, 7) is 1.80. The van der Waals surface area contributed by atoms with Gasteiger partial charge in [-0.3, -0.25) is 9.59 Å². The van der Waals surface area contributed by atoms with Crippen LogP contribution in [0.15, 0.2) is 36.4 Å². The van der Waals surface area contributed by atoms with E-state index in [1.165, 1.54) is 30.3 Å². The summed E-state index contributed by atoms with van der Waals surface area (Å²) in [6, 6.07) is 8.71. The van der Waals surface area contributed by atoms with Crippen LogP contribution in [0.2, 0.25) is 0 Å². The van der Waals surface area contributed by atoms with E-state index in [1.54, 1.807) is 13.0 Å². The topological polar surface area (TPSA) is 77.8 Å². The molecule has 2 aromatic carbocycles. The molecule has 5 nitrogen and oxygen atoms in total. The zero-order chi connectivity index (χ0) is 14.4. The van der Waals surface area contributed by atoms with E-state index in [2.05, 4.69) is 0 Å². The summed E-state index contributed by atoms with van der Waals surface area (Å²) in [5.74, 6) is -1.28. The molecular weight excluding hydrogens is 258 g/mol. The van der Waals surface area contributed by atoms with E-state index in [4.69, 9.17) is 0 Å². The van der Waals surface area contributed by atoms with Crippen LogP contribution in [0.4, 0.5) is 5.69 Å². The molecule has 3 rings (SSSR count). The Kier molecular flexibility index (Phi) is 2.50. The van der Waals surface area contributed by atoms with Gasteiger partial charge in [-0.2, -0.15) is 0 Å². The van der Waals surface area contributed by atoms with Crippen molar-refractivity contribution >= 4 is 17.5 Å². The van der Waals surface area contributed by atoms with E-state index in [1.807, 2.05) is 0 Å². The van der Waals surface area contributed by atoms with Gasteiger partial charge in [0.25, 0.3) is 11.8 Å². The molecule has 2 aromatic rings. The van der Waals surface area contributed by atoms with E-state index in [0.29, 0.717) is 0 Å². The van der Waals surface area contributed by atoms with E-state index in [9.17, 15) is 19.8 Å². The molecule has 20 heavy (non-hydrogen) atoms. The summed E-state index contributed by atoms with van der Waals surface area (Å²) < 4.78 is 0. The first kappa shape index (κ1) is 12.2. The van der Waals surface area contributed by atoms with E-state index >= 15 is 0 Å². The molecule has 0 aliphatic carbocycles. The molecule has 0 saturated heterocycles. The Balaban J connectivity index is 2.14. The minimum absolute atomic E-state index is 0.0834. The summed E-state index contributed by atoms with van der Waals surface area (Å²) >= 11 is 0. The normalized spacial score (nSPS) is 13.8. The van der Waals surface area contributed by atoms with Gasteiger partial charge < -0.3 is 10.2 Å². The fraction of sp³-hybridized carbons (Fsp3) is 0.0667. The van der Waals surface area contributed by atoms with Crippen LogP contribution in [-0.4, -0.2) is 22.0 Å². The number of carbonyl (C=O) groups excluding carboxylic acids is 2. The lowest BCUT2D eigenvalue weighted by molar-refractivity contribution is 0.0925. The van der Waals surface area contributed by atoms with Crippen molar-refractivity contribution in [2.45, 2.75) is 6.92 Å². The maximum Gasteiger partial charge on any atom is 0.266 e. The highest BCUT2D eigenvalue weighted by Gasteiger charge is 2.38. The predicted octanol–water partition coefficient (Wildman–Crippen LogP) is 2.21.